The smallest absolute Gasteiger partial charge is 0.264 e. The standard InChI is InChI=1S/C26H30N2O4S/c1-18-7-14-24(15-8-18)33(30,31)28(22-10-12-23(32-5)13-11-22)17-26(29)27-21(4)25-16-19(2)6-9-20(25)3/h6-16,21H,17H2,1-5H3,(H,27,29). The van der Waals surface area contributed by atoms with Crippen LogP contribution in [0.1, 0.15) is 35.2 Å². The van der Waals surface area contributed by atoms with Crippen LogP contribution in [0.4, 0.5) is 5.69 Å². The Hall–Kier alpha value is -3.32. The Labute approximate surface area is 196 Å². The van der Waals surface area contributed by atoms with Crippen molar-refractivity contribution in [3.8, 4) is 5.75 Å². The molecule has 0 aliphatic rings. The first-order chi connectivity index (χ1) is 15.6. The summed E-state index contributed by atoms with van der Waals surface area (Å²) in [5.74, 6) is 0.203. The zero-order valence-corrected chi connectivity index (χ0v) is 20.4. The Balaban J connectivity index is 1.91. The maximum atomic E-state index is 13.5. The lowest BCUT2D eigenvalue weighted by atomic mass is 10.00. The second-order valence-corrected chi connectivity index (χ2v) is 10.0. The SMILES string of the molecule is COc1ccc(N(CC(=O)NC(C)c2cc(C)ccc2C)S(=O)(=O)c2ccc(C)cc2)cc1. The van der Waals surface area contributed by atoms with Crippen molar-refractivity contribution in [2.24, 2.45) is 0 Å². The van der Waals surface area contributed by atoms with Crippen LogP contribution in [-0.2, 0) is 14.8 Å². The van der Waals surface area contributed by atoms with Crippen LogP contribution in [0.2, 0.25) is 0 Å². The molecule has 33 heavy (non-hydrogen) atoms. The lowest BCUT2D eigenvalue weighted by molar-refractivity contribution is -0.120. The second-order valence-electron chi connectivity index (χ2n) is 8.17. The van der Waals surface area contributed by atoms with E-state index in [1.165, 1.54) is 7.11 Å². The number of ether oxygens (including phenoxy) is 1. The molecule has 0 saturated heterocycles. The second kappa shape index (κ2) is 10.1. The monoisotopic (exact) mass is 466 g/mol. The van der Waals surface area contributed by atoms with Crippen molar-refractivity contribution in [1.29, 1.82) is 0 Å². The number of hydrogen-bond acceptors (Lipinski definition) is 4. The van der Waals surface area contributed by atoms with Gasteiger partial charge in [0.2, 0.25) is 5.91 Å². The molecule has 1 unspecified atom stereocenters. The van der Waals surface area contributed by atoms with Gasteiger partial charge in [0.15, 0.2) is 0 Å². The maximum absolute atomic E-state index is 13.5. The van der Waals surface area contributed by atoms with Crippen LogP contribution in [0.15, 0.2) is 71.6 Å². The molecule has 3 aromatic carbocycles. The number of carbonyl (C=O) groups excluding carboxylic acids is 1. The third-order valence-corrected chi connectivity index (χ3v) is 7.32. The third kappa shape index (κ3) is 5.73. The molecule has 0 saturated carbocycles. The molecule has 0 aromatic heterocycles. The quantitative estimate of drug-likeness (QED) is 0.522. The van der Waals surface area contributed by atoms with Gasteiger partial charge < -0.3 is 10.1 Å². The molecular formula is C26H30N2O4S. The maximum Gasteiger partial charge on any atom is 0.264 e. The Morgan fingerprint density at radius 2 is 1.55 bits per heavy atom. The summed E-state index contributed by atoms with van der Waals surface area (Å²) in [5, 5.41) is 2.95. The highest BCUT2D eigenvalue weighted by molar-refractivity contribution is 7.92. The van der Waals surface area contributed by atoms with E-state index in [1.54, 1.807) is 48.5 Å². The molecule has 0 spiro atoms. The van der Waals surface area contributed by atoms with Crippen LogP contribution in [0.5, 0.6) is 5.75 Å². The van der Waals surface area contributed by atoms with Gasteiger partial charge >= 0.3 is 0 Å². The summed E-state index contributed by atoms with van der Waals surface area (Å²) in [5.41, 5.74) is 4.49. The van der Waals surface area contributed by atoms with Crippen molar-refractivity contribution in [3.05, 3.63) is 89.0 Å². The molecule has 1 atom stereocenters. The van der Waals surface area contributed by atoms with Gasteiger partial charge in [0.1, 0.15) is 12.3 Å². The van der Waals surface area contributed by atoms with E-state index in [1.807, 2.05) is 45.9 Å². The number of benzene rings is 3. The summed E-state index contributed by atoms with van der Waals surface area (Å²) < 4.78 is 33.3. The summed E-state index contributed by atoms with van der Waals surface area (Å²) in [6, 6.07) is 19.0. The Kier molecular flexibility index (Phi) is 7.43. The number of carbonyl (C=O) groups is 1. The molecule has 3 aromatic rings. The molecule has 6 nitrogen and oxygen atoms in total. The zero-order chi connectivity index (χ0) is 24.2. The molecule has 1 amide bonds. The molecule has 0 aliphatic heterocycles. The average Bonchev–Trinajstić information content (AvgIpc) is 2.79. The molecular weight excluding hydrogens is 436 g/mol. The van der Waals surface area contributed by atoms with Gasteiger partial charge in [-0.2, -0.15) is 0 Å². The number of amides is 1. The molecule has 174 valence electrons. The van der Waals surface area contributed by atoms with Crippen molar-refractivity contribution in [1.82, 2.24) is 5.32 Å². The fourth-order valence-corrected chi connectivity index (χ4v) is 5.04. The summed E-state index contributed by atoms with van der Waals surface area (Å²) in [6.07, 6.45) is 0. The van der Waals surface area contributed by atoms with E-state index in [-0.39, 0.29) is 17.5 Å². The molecule has 0 radical (unpaired) electrons. The largest absolute Gasteiger partial charge is 0.497 e. The minimum atomic E-state index is -3.97. The highest BCUT2D eigenvalue weighted by Gasteiger charge is 2.28. The molecule has 0 fully saturated rings. The van der Waals surface area contributed by atoms with Crippen molar-refractivity contribution in [3.63, 3.8) is 0 Å². The first-order valence-electron chi connectivity index (χ1n) is 10.7. The topological polar surface area (TPSA) is 75.7 Å². The highest BCUT2D eigenvalue weighted by Crippen LogP contribution is 2.26. The van der Waals surface area contributed by atoms with E-state index in [2.05, 4.69) is 5.32 Å². The van der Waals surface area contributed by atoms with Gasteiger partial charge in [0.25, 0.3) is 10.0 Å². The van der Waals surface area contributed by atoms with Gasteiger partial charge in [0, 0.05) is 0 Å². The van der Waals surface area contributed by atoms with Crippen molar-refractivity contribution >= 4 is 21.6 Å². The van der Waals surface area contributed by atoms with E-state index in [9.17, 15) is 13.2 Å². The van der Waals surface area contributed by atoms with Crippen LogP contribution in [0.3, 0.4) is 0 Å². The number of anilines is 1. The van der Waals surface area contributed by atoms with Gasteiger partial charge in [-0.15, -0.1) is 0 Å². The molecule has 0 bridgehead atoms. The van der Waals surface area contributed by atoms with E-state index >= 15 is 0 Å². The van der Waals surface area contributed by atoms with E-state index in [0.29, 0.717) is 11.4 Å². The van der Waals surface area contributed by atoms with E-state index in [4.69, 9.17) is 4.74 Å². The van der Waals surface area contributed by atoms with Gasteiger partial charge in [-0.05, 0) is 75.2 Å². The number of aryl methyl sites for hydroxylation is 3. The lowest BCUT2D eigenvalue weighted by Gasteiger charge is -2.25. The number of nitrogens with zero attached hydrogens (tertiary/aromatic N) is 1. The summed E-state index contributed by atoms with van der Waals surface area (Å²) >= 11 is 0. The lowest BCUT2D eigenvalue weighted by Crippen LogP contribution is -2.41. The predicted octanol–water partition coefficient (Wildman–Crippen LogP) is 4.69. The summed E-state index contributed by atoms with van der Waals surface area (Å²) in [6.45, 7) is 7.42. The van der Waals surface area contributed by atoms with Crippen LogP contribution in [0.25, 0.3) is 0 Å². The van der Waals surface area contributed by atoms with Crippen LogP contribution < -0.4 is 14.4 Å². The number of sulfonamides is 1. The van der Waals surface area contributed by atoms with Crippen molar-refractivity contribution < 1.29 is 17.9 Å². The fourth-order valence-electron chi connectivity index (χ4n) is 3.62. The predicted molar refractivity (Wildman–Crippen MR) is 131 cm³/mol. The minimum Gasteiger partial charge on any atom is -0.497 e. The normalized spacial score (nSPS) is 12.2. The minimum absolute atomic E-state index is 0.124. The number of methoxy groups -OCH3 is 1. The third-order valence-electron chi connectivity index (χ3n) is 5.54. The van der Waals surface area contributed by atoms with Gasteiger partial charge in [0.05, 0.1) is 23.7 Å². The average molecular weight is 467 g/mol. The van der Waals surface area contributed by atoms with Crippen LogP contribution in [0, 0.1) is 20.8 Å². The van der Waals surface area contributed by atoms with Gasteiger partial charge in [-0.1, -0.05) is 41.5 Å². The molecule has 3 rings (SSSR count). The van der Waals surface area contributed by atoms with Crippen molar-refractivity contribution in [2.45, 2.75) is 38.6 Å². The fraction of sp³-hybridized carbons (Fsp3) is 0.269. The first kappa shape index (κ1) is 24.3. The van der Waals surface area contributed by atoms with Crippen LogP contribution in [-0.4, -0.2) is 28.0 Å². The zero-order valence-electron chi connectivity index (χ0n) is 19.6. The molecule has 7 heteroatoms. The Morgan fingerprint density at radius 3 is 2.15 bits per heavy atom. The van der Waals surface area contributed by atoms with Gasteiger partial charge in [-0.25, -0.2) is 8.42 Å². The highest BCUT2D eigenvalue weighted by atomic mass is 32.2. The molecule has 0 heterocycles. The number of hydrogen-bond donors (Lipinski definition) is 1. The Bertz CT molecular complexity index is 1220. The van der Waals surface area contributed by atoms with Crippen molar-refractivity contribution in [2.75, 3.05) is 18.0 Å². The first-order valence-corrected chi connectivity index (χ1v) is 12.2. The summed E-state index contributed by atoms with van der Waals surface area (Å²) in [7, 11) is -2.43. The molecule has 0 aliphatic carbocycles. The van der Waals surface area contributed by atoms with E-state index in [0.717, 1.165) is 26.6 Å². The number of rotatable bonds is 8. The van der Waals surface area contributed by atoms with Crippen LogP contribution >= 0.6 is 0 Å². The van der Waals surface area contributed by atoms with Gasteiger partial charge in [-0.3, -0.25) is 9.10 Å². The number of nitrogens with one attached hydrogen (secondary N) is 1. The Morgan fingerprint density at radius 1 is 0.939 bits per heavy atom. The molecule has 1 N–H and O–H groups in total. The van der Waals surface area contributed by atoms with E-state index < -0.39 is 15.9 Å². The summed E-state index contributed by atoms with van der Waals surface area (Å²) in [4.78, 5) is 13.1.